The summed E-state index contributed by atoms with van der Waals surface area (Å²) in [5.74, 6) is -1.21. The van der Waals surface area contributed by atoms with Gasteiger partial charge in [0, 0.05) is 17.3 Å². The van der Waals surface area contributed by atoms with Gasteiger partial charge in [0.1, 0.15) is 11.9 Å². The molecule has 148 valence electrons. The van der Waals surface area contributed by atoms with Crippen molar-refractivity contribution in [3.05, 3.63) is 54.7 Å². The van der Waals surface area contributed by atoms with Crippen molar-refractivity contribution in [1.29, 1.82) is 0 Å². The van der Waals surface area contributed by atoms with Crippen LogP contribution >= 0.6 is 0 Å². The lowest BCUT2D eigenvalue weighted by Crippen LogP contribution is -2.34. The van der Waals surface area contributed by atoms with Crippen LogP contribution < -0.4 is 10.6 Å². The average molecular weight is 396 g/mol. The van der Waals surface area contributed by atoms with Crippen LogP contribution in [0.5, 0.6) is 0 Å². The lowest BCUT2D eigenvalue weighted by Gasteiger charge is -2.15. The molecule has 1 fully saturated rings. The summed E-state index contributed by atoms with van der Waals surface area (Å²) in [7, 11) is 0. The van der Waals surface area contributed by atoms with Crippen LogP contribution in [-0.2, 0) is 9.53 Å². The summed E-state index contributed by atoms with van der Waals surface area (Å²) in [6, 6.07) is 7.80. The first-order valence-corrected chi connectivity index (χ1v) is 8.84. The fourth-order valence-corrected chi connectivity index (χ4v) is 3.04. The maximum Gasteiger partial charge on any atom is 0.414 e. The number of carbonyl (C=O) groups excluding carboxylic acids is 2. The minimum absolute atomic E-state index is 0.120. The van der Waals surface area contributed by atoms with Crippen molar-refractivity contribution < 1.29 is 18.7 Å². The monoisotopic (exact) mass is 396 g/mol. The highest BCUT2D eigenvalue weighted by molar-refractivity contribution is 5.91. The third-order valence-corrected chi connectivity index (χ3v) is 4.79. The van der Waals surface area contributed by atoms with Gasteiger partial charge in [0.05, 0.1) is 30.5 Å². The number of amides is 2. The van der Waals surface area contributed by atoms with Gasteiger partial charge < -0.3 is 10.5 Å². The smallest absolute Gasteiger partial charge is 0.414 e. The molecule has 0 aliphatic carbocycles. The Kier molecular flexibility index (Phi) is 4.67. The lowest BCUT2D eigenvalue weighted by atomic mass is 10.0. The zero-order chi connectivity index (χ0) is 20.5. The lowest BCUT2D eigenvalue weighted by molar-refractivity contribution is -0.123. The summed E-state index contributed by atoms with van der Waals surface area (Å²) in [5, 5.41) is 7.98. The highest BCUT2D eigenvalue weighted by Crippen LogP contribution is 2.30. The molecular formula is C19H17FN6O3. The van der Waals surface area contributed by atoms with Crippen LogP contribution in [0.4, 0.5) is 14.9 Å². The molecule has 29 heavy (non-hydrogen) atoms. The van der Waals surface area contributed by atoms with Crippen molar-refractivity contribution >= 4 is 17.7 Å². The quantitative estimate of drug-likeness (QED) is 0.704. The Morgan fingerprint density at radius 3 is 2.66 bits per heavy atom. The molecule has 1 saturated heterocycles. The molecule has 2 N–H and O–H groups in total. The Hall–Kier alpha value is -3.82. The van der Waals surface area contributed by atoms with Crippen molar-refractivity contribution in [2.45, 2.75) is 13.0 Å². The number of aromatic nitrogens is 4. The topological polar surface area (TPSA) is 116 Å². The van der Waals surface area contributed by atoms with Gasteiger partial charge in [-0.3, -0.25) is 9.69 Å². The number of cyclic esters (lactones) is 1. The van der Waals surface area contributed by atoms with Gasteiger partial charge in [-0.2, -0.15) is 10.2 Å². The standard InChI is InChI=1S/C19H17FN6O3/c1-11(18(21)27)16-10-25(19(28)29-16)13-3-4-14(15(20)8-13)12-2-5-17(22-9-12)26-23-6-7-24-26/h2-9,11,16H,10H2,1H3,(H2,21,27)/t11?,16-/m1/s1. The summed E-state index contributed by atoms with van der Waals surface area (Å²) < 4.78 is 20.0. The predicted molar refractivity (Wildman–Crippen MR) is 101 cm³/mol. The molecule has 1 aromatic carbocycles. The van der Waals surface area contributed by atoms with Gasteiger partial charge in [0.15, 0.2) is 5.82 Å². The Labute approximate surface area is 164 Å². The summed E-state index contributed by atoms with van der Waals surface area (Å²) in [5.41, 5.74) is 6.50. The number of carbonyl (C=O) groups is 2. The summed E-state index contributed by atoms with van der Waals surface area (Å²) in [4.78, 5) is 30.3. The Balaban J connectivity index is 1.55. The molecule has 4 rings (SSSR count). The minimum Gasteiger partial charge on any atom is -0.443 e. The van der Waals surface area contributed by atoms with Crippen molar-refractivity contribution in [3.63, 3.8) is 0 Å². The van der Waals surface area contributed by atoms with Crippen LogP contribution in [-0.4, -0.2) is 44.6 Å². The van der Waals surface area contributed by atoms with Gasteiger partial charge in [-0.1, -0.05) is 0 Å². The number of pyridine rings is 1. The second-order valence-corrected chi connectivity index (χ2v) is 6.61. The largest absolute Gasteiger partial charge is 0.443 e. The van der Waals surface area contributed by atoms with Crippen molar-refractivity contribution in [2.75, 3.05) is 11.4 Å². The molecule has 0 saturated carbocycles. The number of rotatable bonds is 5. The van der Waals surface area contributed by atoms with Crippen LogP contribution in [0.15, 0.2) is 48.9 Å². The van der Waals surface area contributed by atoms with Gasteiger partial charge in [-0.05, 0) is 37.3 Å². The highest BCUT2D eigenvalue weighted by Gasteiger charge is 2.37. The molecule has 2 aromatic heterocycles. The second-order valence-electron chi connectivity index (χ2n) is 6.61. The molecule has 0 bridgehead atoms. The van der Waals surface area contributed by atoms with Crippen LogP contribution in [0.25, 0.3) is 16.9 Å². The number of benzene rings is 1. The SMILES string of the molecule is CC(C(N)=O)[C@H]1CN(c2ccc(-c3ccc(-n4nccn4)nc3)c(F)c2)C(=O)O1. The number of nitrogens with two attached hydrogens (primary N) is 1. The summed E-state index contributed by atoms with van der Waals surface area (Å²) >= 11 is 0. The van der Waals surface area contributed by atoms with Gasteiger partial charge >= 0.3 is 6.09 Å². The number of hydrogen-bond donors (Lipinski definition) is 1. The van der Waals surface area contributed by atoms with Gasteiger partial charge in [-0.25, -0.2) is 14.2 Å². The van der Waals surface area contributed by atoms with E-state index < -0.39 is 29.8 Å². The third-order valence-electron chi connectivity index (χ3n) is 4.79. The van der Waals surface area contributed by atoms with E-state index in [1.54, 1.807) is 31.2 Å². The molecule has 2 atom stereocenters. The van der Waals surface area contributed by atoms with Crippen LogP contribution in [0.1, 0.15) is 6.92 Å². The highest BCUT2D eigenvalue weighted by atomic mass is 19.1. The van der Waals surface area contributed by atoms with Crippen molar-refractivity contribution in [2.24, 2.45) is 11.7 Å². The maximum absolute atomic E-state index is 14.8. The third kappa shape index (κ3) is 3.51. The second kappa shape index (κ2) is 7.30. The average Bonchev–Trinajstić information content (AvgIpc) is 3.37. The molecule has 1 aliphatic rings. The molecule has 0 radical (unpaired) electrons. The number of hydrogen-bond acceptors (Lipinski definition) is 6. The first kappa shape index (κ1) is 18.5. The molecule has 3 aromatic rings. The summed E-state index contributed by atoms with van der Waals surface area (Å²) in [6.07, 6.45) is 3.27. The predicted octanol–water partition coefficient (Wildman–Crippen LogP) is 1.91. The van der Waals surface area contributed by atoms with Gasteiger partial charge in [0.2, 0.25) is 5.91 Å². The van der Waals surface area contributed by atoms with Crippen LogP contribution in [0.3, 0.4) is 0 Å². The van der Waals surface area contributed by atoms with E-state index in [2.05, 4.69) is 15.2 Å². The Morgan fingerprint density at radius 1 is 1.28 bits per heavy atom. The normalized spacial score (nSPS) is 17.2. The van der Waals surface area contributed by atoms with E-state index in [1.807, 2.05) is 0 Å². The molecule has 0 spiro atoms. The fourth-order valence-electron chi connectivity index (χ4n) is 3.04. The molecule has 2 amide bonds. The zero-order valence-corrected chi connectivity index (χ0v) is 15.4. The van der Waals surface area contributed by atoms with E-state index in [-0.39, 0.29) is 6.54 Å². The first-order chi connectivity index (χ1) is 13.9. The van der Waals surface area contributed by atoms with Crippen molar-refractivity contribution in [3.8, 4) is 16.9 Å². The van der Waals surface area contributed by atoms with E-state index in [9.17, 15) is 14.0 Å². The molecule has 10 heteroatoms. The molecule has 1 aliphatic heterocycles. The minimum atomic E-state index is -0.671. The Morgan fingerprint density at radius 2 is 2.03 bits per heavy atom. The first-order valence-electron chi connectivity index (χ1n) is 8.84. The van der Waals surface area contributed by atoms with E-state index >= 15 is 0 Å². The fraction of sp³-hybridized carbons (Fsp3) is 0.211. The molecule has 9 nitrogen and oxygen atoms in total. The molecule has 1 unspecified atom stereocenters. The number of nitrogens with zero attached hydrogens (tertiary/aromatic N) is 5. The molecular weight excluding hydrogens is 379 g/mol. The van der Waals surface area contributed by atoms with Gasteiger partial charge in [0.25, 0.3) is 0 Å². The van der Waals surface area contributed by atoms with E-state index in [0.717, 1.165) is 0 Å². The van der Waals surface area contributed by atoms with E-state index in [1.165, 1.54) is 34.4 Å². The number of anilines is 1. The van der Waals surface area contributed by atoms with Crippen molar-refractivity contribution in [1.82, 2.24) is 20.0 Å². The van der Waals surface area contributed by atoms with E-state index in [4.69, 9.17) is 10.5 Å². The Bertz CT molecular complexity index is 1050. The van der Waals surface area contributed by atoms with Gasteiger partial charge in [-0.15, -0.1) is 4.80 Å². The number of halogens is 1. The van der Waals surface area contributed by atoms with Crippen LogP contribution in [0.2, 0.25) is 0 Å². The number of ether oxygens (including phenoxy) is 1. The summed E-state index contributed by atoms with van der Waals surface area (Å²) in [6.45, 7) is 1.71. The maximum atomic E-state index is 14.8. The number of primary amides is 1. The molecule has 3 heterocycles. The zero-order valence-electron chi connectivity index (χ0n) is 15.4. The van der Waals surface area contributed by atoms with E-state index in [0.29, 0.717) is 22.6 Å². The van der Waals surface area contributed by atoms with Crippen LogP contribution in [0, 0.1) is 11.7 Å².